The van der Waals surface area contributed by atoms with Crippen LogP contribution in [0, 0.1) is 11.3 Å². The summed E-state index contributed by atoms with van der Waals surface area (Å²) in [6, 6.07) is 2.56. The van der Waals surface area contributed by atoms with Crippen LogP contribution in [-0.2, 0) is 4.74 Å². The summed E-state index contributed by atoms with van der Waals surface area (Å²) in [6.07, 6.45) is 2.43. The molecule has 0 aromatic rings. The zero-order valence-corrected chi connectivity index (χ0v) is 12.9. The lowest BCUT2D eigenvalue weighted by atomic mass is 10.1. The Labute approximate surface area is 123 Å². The van der Waals surface area contributed by atoms with Crippen LogP contribution < -0.4 is 0 Å². The van der Waals surface area contributed by atoms with Crippen LogP contribution in [0.25, 0.3) is 0 Å². The van der Waals surface area contributed by atoms with E-state index in [4.69, 9.17) is 4.74 Å². The molecule has 0 radical (unpaired) electrons. The third kappa shape index (κ3) is 4.42. The fraction of sp³-hybridized carbons (Fsp3) is 0.933. The molecule has 2 saturated heterocycles. The molecule has 2 aliphatic heterocycles. The Bertz CT molecular complexity index is 322. The van der Waals surface area contributed by atoms with Gasteiger partial charge in [-0.2, -0.15) is 5.26 Å². The van der Waals surface area contributed by atoms with Gasteiger partial charge in [-0.1, -0.05) is 13.3 Å². The molecule has 2 fully saturated rings. The molecule has 0 N–H and O–H groups in total. The molecule has 2 unspecified atom stereocenters. The minimum absolute atomic E-state index is 0.110. The number of morpholine rings is 1. The van der Waals surface area contributed by atoms with Crippen LogP contribution >= 0.6 is 0 Å². The summed E-state index contributed by atoms with van der Waals surface area (Å²) in [4.78, 5) is 7.17. The number of rotatable bonds is 5. The second-order valence-corrected chi connectivity index (χ2v) is 6.03. The van der Waals surface area contributed by atoms with Crippen molar-refractivity contribution in [2.75, 3.05) is 59.5 Å². The highest BCUT2D eigenvalue weighted by molar-refractivity contribution is 4.93. The van der Waals surface area contributed by atoms with Gasteiger partial charge in [-0.05, 0) is 13.5 Å². The van der Waals surface area contributed by atoms with Crippen LogP contribution in [0.1, 0.15) is 19.8 Å². The van der Waals surface area contributed by atoms with Gasteiger partial charge in [0.2, 0.25) is 0 Å². The van der Waals surface area contributed by atoms with Gasteiger partial charge in [0.1, 0.15) is 0 Å². The molecule has 2 rings (SSSR count). The summed E-state index contributed by atoms with van der Waals surface area (Å²) in [5, 5.41) is 9.23. The molecule has 0 aromatic heterocycles. The highest BCUT2D eigenvalue weighted by Gasteiger charge is 2.26. The topological polar surface area (TPSA) is 42.7 Å². The number of likely N-dealkylation sites (N-methyl/N-ethyl adjacent to an activating group) is 1. The van der Waals surface area contributed by atoms with E-state index in [1.54, 1.807) is 0 Å². The molecular formula is C15H28N4O. The average molecular weight is 280 g/mol. The van der Waals surface area contributed by atoms with Gasteiger partial charge in [0, 0.05) is 45.8 Å². The van der Waals surface area contributed by atoms with Crippen LogP contribution in [0.4, 0.5) is 0 Å². The fourth-order valence-corrected chi connectivity index (χ4v) is 3.13. The van der Waals surface area contributed by atoms with E-state index in [0.29, 0.717) is 6.10 Å². The second-order valence-electron chi connectivity index (χ2n) is 6.03. The molecule has 5 heteroatoms. The summed E-state index contributed by atoms with van der Waals surface area (Å²) in [6.45, 7) is 10.3. The van der Waals surface area contributed by atoms with Crippen molar-refractivity contribution in [3.05, 3.63) is 0 Å². The average Bonchev–Trinajstić information content (AvgIpc) is 2.46. The Morgan fingerprint density at radius 1 is 1.25 bits per heavy atom. The number of hydrogen-bond acceptors (Lipinski definition) is 5. The molecule has 0 bridgehead atoms. The first-order valence-corrected chi connectivity index (χ1v) is 7.89. The molecule has 2 atom stereocenters. The van der Waals surface area contributed by atoms with Gasteiger partial charge in [0.25, 0.3) is 0 Å². The molecule has 20 heavy (non-hydrogen) atoms. The van der Waals surface area contributed by atoms with Gasteiger partial charge in [-0.15, -0.1) is 0 Å². The largest absolute Gasteiger partial charge is 0.374 e. The molecule has 2 aliphatic rings. The van der Waals surface area contributed by atoms with Crippen molar-refractivity contribution >= 4 is 0 Å². The monoisotopic (exact) mass is 280 g/mol. The molecule has 0 spiro atoms. The maximum absolute atomic E-state index is 9.23. The molecule has 0 amide bonds. The number of nitriles is 1. The van der Waals surface area contributed by atoms with Crippen molar-refractivity contribution in [2.24, 2.45) is 0 Å². The third-order valence-electron chi connectivity index (χ3n) is 4.36. The van der Waals surface area contributed by atoms with E-state index < -0.39 is 0 Å². The van der Waals surface area contributed by atoms with Gasteiger partial charge >= 0.3 is 0 Å². The van der Waals surface area contributed by atoms with Crippen LogP contribution in [0.2, 0.25) is 0 Å². The van der Waals surface area contributed by atoms with Crippen molar-refractivity contribution < 1.29 is 4.74 Å². The molecule has 0 aliphatic carbocycles. The first kappa shape index (κ1) is 15.7. The Balaban J connectivity index is 1.72. The Hall–Kier alpha value is -0.670. The highest BCUT2D eigenvalue weighted by atomic mass is 16.5. The van der Waals surface area contributed by atoms with E-state index in [-0.39, 0.29) is 6.04 Å². The fourth-order valence-electron chi connectivity index (χ4n) is 3.13. The maximum atomic E-state index is 9.23. The number of nitrogens with zero attached hydrogens (tertiary/aromatic N) is 4. The van der Waals surface area contributed by atoms with Crippen LogP contribution in [0.5, 0.6) is 0 Å². The van der Waals surface area contributed by atoms with Crippen LogP contribution in [-0.4, -0.2) is 86.3 Å². The Kier molecular flexibility index (Phi) is 6.24. The molecule has 0 aromatic carbocycles. The maximum Gasteiger partial charge on any atom is 0.0978 e. The summed E-state index contributed by atoms with van der Waals surface area (Å²) in [7, 11) is 2.16. The number of piperazine rings is 1. The van der Waals surface area contributed by atoms with E-state index in [9.17, 15) is 5.26 Å². The predicted octanol–water partition coefficient (Wildman–Crippen LogP) is 0.627. The van der Waals surface area contributed by atoms with E-state index in [1.165, 1.54) is 0 Å². The Morgan fingerprint density at radius 2 is 2.00 bits per heavy atom. The summed E-state index contributed by atoms with van der Waals surface area (Å²) < 4.78 is 5.84. The predicted molar refractivity (Wildman–Crippen MR) is 79.6 cm³/mol. The zero-order valence-electron chi connectivity index (χ0n) is 12.9. The molecule has 5 nitrogen and oxygen atoms in total. The van der Waals surface area contributed by atoms with E-state index >= 15 is 0 Å². The molecule has 114 valence electrons. The second kappa shape index (κ2) is 7.94. The lowest BCUT2D eigenvalue weighted by Gasteiger charge is -2.39. The SMILES string of the molecule is CCCC(C#N)N1CCN(CC2CN(C)CCO2)CC1. The number of hydrogen-bond donors (Lipinski definition) is 0. The van der Waals surface area contributed by atoms with Crippen LogP contribution in [0.3, 0.4) is 0 Å². The van der Waals surface area contributed by atoms with Gasteiger partial charge in [-0.25, -0.2) is 0 Å². The third-order valence-corrected chi connectivity index (χ3v) is 4.36. The van der Waals surface area contributed by atoms with Gasteiger partial charge in [0.05, 0.1) is 24.8 Å². The highest BCUT2D eigenvalue weighted by Crippen LogP contribution is 2.12. The molecular weight excluding hydrogens is 252 g/mol. The normalized spacial score (nSPS) is 28.1. The quantitative estimate of drug-likeness (QED) is 0.739. The first-order chi connectivity index (χ1) is 9.72. The molecule has 2 heterocycles. The van der Waals surface area contributed by atoms with Gasteiger partial charge < -0.3 is 9.64 Å². The summed E-state index contributed by atoms with van der Waals surface area (Å²) >= 11 is 0. The van der Waals surface area contributed by atoms with Crippen molar-refractivity contribution in [2.45, 2.75) is 31.9 Å². The zero-order chi connectivity index (χ0) is 14.4. The lowest BCUT2D eigenvalue weighted by molar-refractivity contribution is -0.0419. The standard InChI is InChI=1S/C15H28N4O/c1-3-4-14(11-16)19-7-5-18(6-8-19)13-15-12-17(2)9-10-20-15/h14-15H,3-10,12-13H2,1-2H3. The number of ether oxygens (including phenoxy) is 1. The van der Waals surface area contributed by atoms with E-state index in [1.807, 2.05) is 0 Å². The van der Waals surface area contributed by atoms with Crippen molar-refractivity contribution in [3.8, 4) is 6.07 Å². The molecule has 0 saturated carbocycles. The minimum Gasteiger partial charge on any atom is -0.374 e. The van der Waals surface area contributed by atoms with Crippen molar-refractivity contribution in [1.29, 1.82) is 5.26 Å². The van der Waals surface area contributed by atoms with Gasteiger partial charge in [0.15, 0.2) is 0 Å². The Morgan fingerprint density at radius 3 is 2.60 bits per heavy atom. The van der Waals surface area contributed by atoms with Crippen molar-refractivity contribution in [3.63, 3.8) is 0 Å². The van der Waals surface area contributed by atoms with E-state index in [0.717, 1.165) is 65.3 Å². The van der Waals surface area contributed by atoms with Crippen molar-refractivity contribution in [1.82, 2.24) is 14.7 Å². The van der Waals surface area contributed by atoms with Gasteiger partial charge in [-0.3, -0.25) is 9.80 Å². The minimum atomic E-state index is 0.110. The van der Waals surface area contributed by atoms with Crippen LogP contribution in [0.15, 0.2) is 0 Å². The van der Waals surface area contributed by atoms with E-state index in [2.05, 4.69) is 34.7 Å². The summed E-state index contributed by atoms with van der Waals surface area (Å²) in [5.74, 6) is 0. The smallest absolute Gasteiger partial charge is 0.0978 e. The lowest BCUT2D eigenvalue weighted by Crippen LogP contribution is -2.53. The summed E-state index contributed by atoms with van der Waals surface area (Å²) in [5.41, 5.74) is 0. The first-order valence-electron chi connectivity index (χ1n) is 7.89.